The number of hydrogen-bond acceptors (Lipinski definition) is 5. The van der Waals surface area contributed by atoms with Crippen LogP contribution in [-0.2, 0) is 16.0 Å². The average molecular weight is 294 g/mol. The Hall–Kier alpha value is -1.90. The predicted octanol–water partition coefficient (Wildman–Crippen LogP) is -1.08. The molecule has 114 valence electrons. The van der Waals surface area contributed by atoms with Gasteiger partial charge >= 0.3 is 13.1 Å². The maximum atomic E-state index is 11.8. The molecule has 1 rings (SSSR count). The number of hydrogen-bond donors (Lipinski definition) is 5. The molecular weight excluding hydrogens is 275 g/mol. The van der Waals surface area contributed by atoms with Crippen molar-refractivity contribution in [3.63, 3.8) is 0 Å². The van der Waals surface area contributed by atoms with Crippen molar-refractivity contribution in [1.82, 2.24) is 5.32 Å². The molecule has 0 saturated heterocycles. The zero-order chi connectivity index (χ0) is 15.8. The molecule has 21 heavy (non-hydrogen) atoms. The molecule has 0 radical (unpaired) electrons. The Morgan fingerprint density at radius 1 is 1.24 bits per heavy atom. The van der Waals surface area contributed by atoms with Gasteiger partial charge in [0.25, 0.3) is 0 Å². The third-order valence-electron chi connectivity index (χ3n) is 2.99. The van der Waals surface area contributed by atoms with Crippen LogP contribution in [0, 0.1) is 0 Å². The summed E-state index contributed by atoms with van der Waals surface area (Å²) in [7, 11) is -1.74. The summed E-state index contributed by atoms with van der Waals surface area (Å²) in [6.45, 7) is 0. The number of carboxylic acid groups (broad SMARTS) is 1. The van der Waals surface area contributed by atoms with Crippen molar-refractivity contribution in [1.29, 1.82) is 0 Å². The standard InChI is InChI=1S/C13H19BN2O5/c15-10(6-7-12(17)18)13(19)16-11(14(20)21)8-9-4-2-1-3-5-9/h1-5,10-11,20-21H,6-8,15H2,(H,16,19)(H,17,18)/t10-,11-/m0/s1. The van der Waals surface area contributed by atoms with Gasteiger partial charge in [-0.25, -0.2) is 0 Å². The minimum absolute atomic E-state index is 0.0131. The zero-order valence-electron chi connectivity index (χ0n) is 11.5. The van der Waals surface area contributed by atoms with Gasteiger partial charge in [0.15, 0.2) is 0 Å². The van der Waals surface area contributed by atoms with Gasteiger partial charge in [0.05, 0.1) is 12.0 Å². The molecule has 0 aliphatic carbocycles. The minimum Gasteiger partial charge on any atom is -0.481 e. The fraction of sp³-hybridized carbons (Fsp3) is 0.385. The van der Waals surface area contributed by atoms with Gasteiger partial charge < -0.3 is 26.2 Å². The monoisotopic (exact) mass is 294 g/mol. The Kier molecular flexibility index (Phi) is 6.87. The molecule has 0 spiro atoms. The summed E-state index contributed by atoms with van der Waals surface area (Å²) in [5.74, 6) is -2.55. The van der Waals surface area contributed by atoms with E-state index in [1.807, 2.05) is 6.07 Å². The topological polar surface area (TPSA) is 133 Å². The first-order valence-corrected chi connectivity index (χ1v) is 6.58. The first-order valence-electron chi connectivity index (χ1n) is 6.58. The van der Waals surface area contributed by atoms with Crippen molar-refractivity contribution in [2.75, 3.05) is 0 Å². The summed E-state index contributed by atoms with van der Waals surface area (Å²) in [5, 5.41) is 29.6. The predicted molar refractivity (Wildman–Crippen MR) is 77.1 cm³/mol. The van der Waals surface area contributed by atoms with Gasteiger partial charge in [-0.1, -0.05) is 30.3 Å². The minimum atomic E-state index is -1.74. The van der Waals surface area contributed by atoms with Gasteiger partial charge in [0, 0.05) is 6.42 Å². The highest BCUT2D eigenvalue weighted by Crippen LogP contribution is 2.05. The first-order chi connectivity index (χ1) is 9.90. The number of benzene rings is 1. The summed E-state index contributed by atoms with van der Waals surface area (Å²) in [4.78, 5) is 22.2. The van der Waals surface area contributed by atoms with Crippen LogP contribution in [0.3, 0.4) is 0 Å². The molecule has 0 aromatic heterocycles. The molecule has 1 amide bonds. The van der Waals surface area contributed by atoms with E-state index in [0.717, 1.165) is 5.56 Å². The molecule has 6 N–H and O–H groups in total. The van der Waals surface area contributed by atoms with Crippen LogP contribution >= 0.6 is 0 Å². The lowest BCUT2D eigenvalue weighted by atomic mass is 9.75. The van der Waals surface area contributed by atoms with Crippen molar-refractivity contribution in [3.05, 3.63) is 35.9 Å². The summed E-state index contributed by atoms with van der Waals surface area (Å²) in [6.07, 6.45) is -0.00371. The molecule has 1 aromatic rings. The lowest BCUT2D eigenvalue weighted by Gasteiger charge is -2.20. The van der Waals surface area contributed by atoms with Gasteiger partial charge in [-0.15, -0.1) is 0 Å². The Labute approximate surface area is 122 Å². The quantitative estimate of drug-likeness (QED) is 0.387. The molecular formula is C13H19BN2O5. The van der Waals surface area contributed by atoms with Crippen molar-refractivity contribution < 1.29 is 24.7 Å². The van der Waals surface area contributed by atoms with Crippen LogP contribution in [0.2, 0.25) is 0 Å². The number of aliphatic carboxylic acids is 1. The fourth-order valence-corrected chi connectivity index (χ4v) is 1.80. The highest BCUT2D eigenvalue weighted by Gasteiger charge is 2.27. The third-order valence-corrected chi connectivity index (χ3v) is 2.99. The molecule has 0 aliphatic rings. The van der Waals surface area contributed by atoms with Crippen LogP contribution in [-0.4, -0.2) is 46.1 Å². The van der Waals surface area contributed by atoms with E-state index >= 15 is 0 Å². The molecule has 0 saturated carbocycles. The Balaban J connectivity index is 2.57. The van der Waals surface area contributed by atoms with E-state index in [2.05, 4.69) is 5.32 Å². The van der Waals surface area contributed by atoms with Crippen LogP contribution in [0.25, 0.3) is 0 Å². The number of carbonyl (C=O) groups is 2. The Bertz CT molecular complexity index is 469. The highest BCUT2D eigenvalue weighted by atomic mass is 16.4. The van der Waals surface area contributed by atoms with E-state index in [4.69, 9.17) is 10.8 Å². The van der Waals surface area contributed by atoms with Crippen molar-refractivity contribution in [2.24, 2.45) is 5.73 Å². The largest absolute Gasteiger partial charge is 0.481 e. The molecule has 8 heteroatoms. The van der Waals surface area contributed by atoms with Crippen LogP contribution < -0.4 is 11.1 Å². The second-order valence-corrected chi connectivity index (χ2v) is 4.76. The summed E-state index contributed by atoms with van der Waals surface area (Å²) < 4.78 is 0. The molecule has 0 heterocycles. The Morgan fingerprint density at radius 2 is 1.86 bits per heavy atom. The number of carboxylic acids is 1. The van der Waals surface area contributed by atoms with E-state index in [1.165, 1.54) is 0 Å². The van der Waals surface area contributed by atoms with Gasteiger partial charge in [0.1, 0.15) is 0 Å². The van der Waals surface area contributed by atoms with E-state index in [-0.39, 0.29) is 19.3 Å². The maximum absolute atomic E-state index is 11.8. The van der Waals surface area contributed by atoms with Crippen LogP contribution in [0.5, 0.6) is 0 Å². The number of carbonyl (C=O) groups excluding carboxylic acids is 1. The fourth-order valence-electron chi connectivity index (χ4n) is 1.80. The number of nitrogens with two attached hydrogens (primary N) is 1. The molecule has 0 fully saturated rings. The SMILES string of the molecule is N[C@@H](CCC(=O)O)C(=O)N[C@@H](Cc1ccccc1)B(O)O. The van der Waals surface area contributed by atoms with Crippen LogP contribution in [0.15, 0.2) is 30.3 Å². The number of nitrogens with one attached hydrogen (secondary N) is 1. The second-order valence-electron chi connectivity index (χ2n) is 4.76. The molecule has 2 atom stereocenters. The molecule has 0 unspecified atom stereocenters. The molecule has 7 nitrogen and oxygen atoms in total. The lowest BCUT2D eigenvalue weighted by molar-refractivity contribution is -0.137. The lowest BCUT2D eigenvalue weighted by Crippen LogP contribution is -2.52. The normalized spacial score (nSPS) is 13.3. The van der Waals surface area contributed by atoms with Gasteiger partial charge in [-0.3, -0.25) is 9.59 Å². The van der Waals surface area contributed by atoms with E-state index in [1.54, 1.807) is 24.3 Å². The zero-order valence-corrected chi connectivity index (χ0v) is 11.5. The molecule has 1 aromatic carbocycles. The van der Waals surface area contributed by atoms with Crippen LogP contribution in [0.1, 0.15) is 18.4 Å². The molecule has 0 bridgehead atoms. The highest BCUT2D eigenvalue weighted by molar-refractivity contribution is 6.43. The molecule has 0 aliphatic heterocycles. The van der Waals surface area contributed by atoms with Crippen molar-refractivity contribution in [3.8, 4) is 0 Å². The van der Waals surface area contributed by atoms with E-state index in [0.29, 0.717) is 0 Å². The van der Waals surface area contributed by atoms with Crippen molar-refractivity contribution >= 4 is 19.0 Å². The third kappa shape index (κ3) is 6.39. The van der Waals surface area contributed by atoms with Gasteiger partial charge in [0.2, 0.25) is 5.91 Å². The number of rotatable bonds is 8. The summed E-state index contributed by atoms with van der Waals surface area (Å²) in [6, 6.07) is 8.03. The van der Waals surface area contributed by atoms with Crippen LogP contribution in [0.4, 0.5) is 0 Å². The summed E-state index contributed by atoms with van der Waals surface area (Å²) >= 11 is 0. The average Bonchev–Trinajstić information content (AvgIpc) is 2.44. The van der Waals surface area contributed by atoms with Gasteiger partial charge in [-0.05, 0) is 18.4 Å². The van der Waals surface area contributed by atoms with E-state index in [9.17, 15) is 19.6 Å². The second kappa shape index (κ2) is 8.40. The smallest absolute Gasteiger partial charge is 0.475 e. The van der Waals surface area contributed by atoms with Crippen molar-refractivity contribution in [2.45, 2.75) is 31.2 Å². The maximum Gasteiger partial charge on any atom is 0.475 e. The van der Waals surface area contributed by atoms with Gasteiger partial charge in [-0.2, -0.15) is 0 Å². The number of amides is 1. The van der Waals surface area contributed by atoms with E-state index < -0.39 is 31.0 Å². The Morgan fingerprint density at radius 3 is 2.38 bits per heavy atom. The summed E-state index contributed by atoms with van der Waals surface area (Å²) in [5.41, 5.74) is 6.40. The first kappa shape index (κ1) is 17.2.